The average Bonchev–Trinajstić information content (AvgIpc) is 1.69. The lowest BCUT2D eigenvalue weighted by atomic mass is 10.3. The summed E-state index contributed by atoms with van der Waals surface area (Å²) in [5.41, 5.74) is 0. The zero-order valence-corrected chi connectivity index (χ0v) is 5.00. The second-order valence-electron chi connectivity index (χ2n) is 1.73. The summed E-state index contributed by atoms with van der Waals surface area (Å²) in [6.45, 7) is 0. The van der Waals surface area contributed by atoms with Gasteiger partial charge in [-0.15, -0.1) is 0 Å². The van der Waals surface area contributed by atoms with Crippen LogP contribution in [0, 0.1) is 0 Å². The van der Waals surface area contributed by atoms with Gasteiger partial charge in [0.05, 0.1) is 0 Å². The summed E-state index contributed by atoms with van der Waals surface area (Å²) in [5, 5.41) is 0. The van der Waals surface area contributed by atoms with Crippen LogP contribution in [0.5, 0.6) is 0 Å². The van der Waals surface area contributed by atoms with Gasteiger partial charge in [-0.25, -0.2) is 0 Å². The van der Waals surface area contributed by atoms with E-state index in [0.717, 1.165) is 0 Å². The van der Waals surface area contributed by atoms with Gasteiger partial charge in [-0.2, -0.15) is 0 Å². The van der Waals surface area contributed by atoms with Gasteiger partial charge in [-0.3, -0.25) is 4.90 Å². The zero-order chi connectivity index (χ0) is 6.57. The third-order valence-electron chi connectivity index (χ3n) is 0.875. The van der Waals surface area contributed by atoms with Gasteiger partial charge < -0.3 is 9.59 Å². The van der Waals surface area contributed by atoms with Crippen LogP contribution in [0.2, 0.25) is 0 Å². The molecule has 3 nitrogen and oxygen atoms in total. The maximum Gasteiger partial charge on any atom is 0.144 e. The summed E-state index contributed by atoms with van der Waals surface area (Å²) in [7, 11) is 3.35. The molecule has 0 aliphatic carbocycles. The summed E-state index contributed by atoms with van der Waals surface area (Å²) in [5.74, 6) is 0. The predicted octanol–water partition coefficient (Wildman–Crippen LogP) is -0.686. The van der Waals surface area contributed by atoms with Crippen molar-refractivity contribution in [2.45, 2.75) is 6.04 Å². The molecule has 0 bridgehead atoms. The van der Waals surface area contributed by atoms with Crippen molar-refractivity contribution in [3.8, 4) is 0 Å². The first kappa shape index (κ1) is 7.30. The molecule has 0 heterocycles. The molecule has 0 amide bonds. The molecule has 0 aromatic heterocycles. The number of carbonyl (C=O) groups excluding carboxylic acids is 2. The Hall–Kier alpha value is -0.700. The molecule has 0 fully saturated rings. The van der Waals surface area contributed by atoms with Gasteiger partial charge >= 0.3 is 0 Å². The monoisotopic (exact) mass is 115 g/mol. The van der Waals surface area contributed by atoms with Crippen LogP contribution < -0.4 is 0 Å². The van der Waals surface area contributed by atoms with Crippen molar-refractivity contribution >= 4 is 12.6 Å². The number of aldehydes is 2. The summed E-state index contributed by atoms with van der Waals surface area (Å²) in [6, 6.07) is -0.574. The Labute approximate surface area is 48.3 Å². The number of hydrogen-bond donors (Lipinski definition) is 0. The number of rotatable bonds is 3. The third-order valence-corrected chi connectivity index (χ3v) is 0.875. The molecule has 8 heavy (non-hydrogen) atoms. The molecule has 0 spiro atoms. The summed E-state index contributed by atoms with van der Waals surface area (Å²) in [4.78, 5) is 21.4. The van der Waals surface area contributed by atoms with Gasteiger partial charge in [0.15, 0.2) is 0 Å². The molecule has 3 heteroatoms. The van der Waals surface area contributed by atoms with Gasteiger partial charge in [-0.1, -0.05) is 0 Å². The van der Waals surface area contributed by atoms with Crippen LogP contribution in [-0.4, -0.2) is 37.6 Å². The lowest BCUT2D eigenvalue weighted by molar-refractivity contribution is -0.119. The van der Waals surface area contributed by atoms with Gasteiger partial charge in [0.25, 0.3) is 0 Å². The van der Waals surface area contributed by atoms with Gasteiger partial charge in [0.2, 0.25) is 0 Å². The van der Waals surface area contributed by atoms with Crippen LogP contribution in [0.1, 0.15) is 0 Å². The van der Waals surface area contributed by atoms with Crippen LogP contribution in [0.25, 0.3) is 0 Å². The van der Waals surface area contributed by atoms with Crippen LogP contribution in [0.3, 0.4) is 0 Å². The van der Waals surface area contributed by atoms with Crippen LogP contribution >= 0.6 is 0 Å². The number of hydrogen-bond acceptors (Lipinski definition) is 3. The van der Waals surface area contributed by atoms with E-state index in [1.807, 2.05) is 0 Å². The van der Waals surface area contributed by atoms with Crippen LogP contribution in [-0.2, 0) is 9.59 Å². The smallest absolute Gasteiger partial charge is 0.144 e. The maximum absolute atomic E-state index is 9.90. The van der Waals surface area contributed by atoms with E-state index in [1.54, 1.807) is 19.0 Å². The second kappa shape index (κ2) is 3.32. The van der Waals surface area contributed by atoms with E-state index in [2.05, 4.69) is 0 Å². The summed E-state index contributed by atoms with van der Waals surface area (Å²) < 4.78 is 0. The maximum atomic E-state index is 9.90. The minimum atomic E-state index is -0.574. The Balaban J connectivity index is 3.68. The standard InChI is InChI=1S/C5H9NO2/c1-6(2)5(3-7)4-8/h3-5H,1-2H3. The average molecular weight is 115 g/mol. The van der Waals surface area contributed by atoms with Gasteiger partial charge in [-0.05, 0) is 14.1 Å². The lowest BCUT2D eigenvalue weighted by Gasteiger charge is -2.09. The molecule has 0 aromatic rings. The number of likely N-dealkylation sites (N-methyl/N-ethyl adjacent to an activating group) is 1. The lowest BCUT2D eigenvalue weighted by Crippen LogP contribution is -2.30. The molecule has 0 N–H and O–H groups in total. The predicted molar refractivity (Wildman–Crippen MR) is 29.6 cm³/mol. The van der Waals surface area contributed by atoms with Crippen molar-refractivity contribution in [1.29, 1.82) is 0 Å². The minimum Gasteiger partial charge on any atom is -0.301 e. The van der Waals surface area contributed by atoms with E-state index in [0.29, 0.717) is 12.6 Å². The first-order valence-corrected chi connectivity index (χ1v) is 2.29. The quantitative estimate of drug-likeness (QED) is 0.361. The Morgan fingerprint density at radius 3 is 1.62 bits per heavy atom. The summed E-state index contributed by atoms with van der Waals surface area (Å²) in [6.07, 6.45) is 1.21. The van der Waals surface area contributed by atoms with Crippen LogP contribution in [0.15, 0.2) is 0 Å². The fourth-order valence-electron chi connectivity index (χ4n) is 0.276. The molecular weight excluding hydrogens is 106 g/mol. The molecule has 0 aliphatic heterocycles. The Morgan fingerprint density at radius 2 is 1.62 bits per heavy atom. The number of nitrogens with zero attached hydrogens (tertiary/aromatic N) is 1. The molecule has 0 aromatic carbocycles. The highest BCUT2D eigenvalue weighted by molar-refractivity contribution is 5.81. The van der Waals surface area contributed by atoms with E-state index < -0.39 is 6.04 Å². The van der Waals surface area contributed by atoms with Gasteiger partial charge in [0, 0.05) is 0 Å². The minimum absolute atomic E-state index is 0.574. The first-order valence-electron chi connectivity index (χ1n) is 2.29. The van der Waals surface area contributed by atoms with Crippen molar-refractivity contribution in [3.63, 3.8) is 0 Å². The highest BCUT2D eigenvalue weighted by Crippen LogP contribution is 1.80. The van der Waals surface area contributed by atoms with Gasteiger partial charge in [0.1, 0.15) is 18.6 Å². The SMILES string of the molecule is CN(C)C(C=O)C=O. The van der Waals surface area contributed by atoms with E-state index in [1.165, 1.54) is 0 Å². The van der Waals surface area contributed by atoms with Crippen molar-refractivity contribution in [2.24, 2.45) is 0 Å². The summed E-state index contributed by atoms with van der Waals surface area (Å²) >= 11 is 0. The van der Waals surface area contributed by atoms with E-state index >= 15 is 0 Å². The molecule has 0 atom stereocenters. The molecule has 46 valence electrons. The molecule has 0 saturated carbocycles. The second-order valence-corrected chi connectivity index (χ2v) is 1.73. The Kier molecular flexibility index (Phi) is 3.03. The highest BCUT2D eigenvalue weighted by atomic mass is 16.1. The topological polar surface area (TPSA) is 37.4 Å². The largest absolute Gasteiger partial charge is 0.301 e. The first-order chi connectivity index (χ1) is 3.72. The molecular formula is C5H9NO2. The Bertz CT molecular complexity index is 82.4. The third kappa shape index (κ3) is 1.84. The molecule has 0 saturated heterocycles. The normalized spacial score (nSPS) is 10.0. The fraction of sp³-hybridized carbons (Fsp3) is 0.600. The number of carbonyl (C=O) groups is 2. The molecule has 0 radical (unpaired) electrons. The van der Waals surface area contributed by atoms with Crippen molar-refractivity contribution in [1.82, 2.24) is 4.90 Å². The van der Waals surface area contributed by atoms with E-state index in [4.69, 9.17) is 0 Å². The van der Waals surface area contributed by atoms with Crippen molar-refractivity contribution in [2.75, 3.05) is 14.1 Å². The molecule has 0 rings (SSSR count). The molecule has 0 unspecified atom stereocenters. The fourth-order valence-corrected chi connectivity index (χ4v) is 0.276. The Morgan fingerprint density at radius 1 is 1.25 bits per heavy atom. The highest BCUT2D eigenvalue weighted by Gasteiger charge is 2.05. The zero-order valence-electron chi connectivity index (χ0n) is 5.00. The van der Waals surface area contributed by atoms with Crippen molar-refractivity contribution in [3.05, 3.63) is 0 Å². The van der Waals surface area contributed by atoms with E-state index in [9.17, 15) is 9.59 Å². The van der Waals surface area contributed by atoms with Crippen molar-refractivity contribution < 1.29 is 9.59 Å². The van der Waals surface area contributed by atoms with E-state index in [-0.39, 0.29) is 0 Å². The van der Waals surface area contributed by atoms with Crippen LogP contribution in [0.4, 0.5) is 0 Å². The molecule has 0 aliphatic rings.